The Morgan fingerprint density at radius 1 is 0.972 bits per heavy atom. The van der Waals surface area contributed by atoms with E-state index in [2.05, 4.69) is 68.8 Å². The minimum Gasteiger partial charge on any atom is -0.378 e. The zero-order valence-corrected chi connectivity index (χ0v) is 22.9. The number of nitrogens with one attached hydrogen (secondary N) is 1. The lowest BCUT2D eigenvalue weighted by molar-refractivity contribution is 0.565. The summed E-state index contributed by atoms with van der Waals surface area (Å²) in [7, 11) is 4.07. The van der Waals surface area contributed by atoms with E-state index < -0.39 is 0 Å². The molecule has 1 aliphatic rings. The molecule has 0 bridgehead atoms. The first kappa shape index (κ1) is 24.6. The standard InChI is InChI=1S/C28H27Cl2N5S/c1-17-15-22(18(2)34(17)25-13-8-19(29)16-23(25)30)27-26(24-7-5-6-14-31-24)32-28(36)35(27)21-11-9-20(10-12-21)33(3)4/h5-16,26-27H,1-4H3,(H,32,36)/t26-,27+/m0/s1. The molecule has 2 atom stereocenters. The van der Waals surface area contributed by atoms with Crippen LogP contribution in [0.15, 0.2) is 72.9 Å². The van der Waals surface area contributed by atoms with Gasteiger partial charge in [0.2, 0.25) is 0 Å². The number of aryl methyl sites for hydroxylation is 1. The largest absolute Gasteiger partial charge is 0.378 e. The molecule has 2 aromatic carbocycles. The van der Waals surface area contributed by atoms with Gasteiger partial charge in [-0.2, -0.15) is 0 Å². The van der Waals surface area contributed by atoms with Gasteiger partial charge in [-0.1, -0.05) is 29.3 Å². The number of nitrogens with zero attached hydrogens (tertiary/aromatic N) is 4. The smallest absolute Gasteiger partial charge is 0.174 e. The van der Waals surface area contributed by atoms with Crippen LogP contribution in [0.25, 0.3) is 5.69 Å². The van der Waals surface area contributed by atoms with E-state index in [1.54, 1.807) is 6.07 Å². The molecule has 2 aromatic heterocycles. The molecule has 184 valence electrons. The van der Waals surface area contributed by atoms with E-state index >= 15 is 0 Å². The number of aromatic nitrogens is 2. The second-order valence-electron chi connectivity index (χ2n) is 9.17. The quantitative estimate of drug-likeness (QED) is 0.277. The highest BCUT2D eigenvalue weighted by Gasteiger charge is 2.42. The Kier molecular flexibility index (Phi) is 6.68. The highest BCUT2D eigenvalue weighted by molar-refractivity contribution is 7.80. The molecule has 1 saturated heterocycles. The first-order valence-corrected chi connectivity index (χ1v) is 12.8. The van der Waals surface area contributed by atoms with Gasteiger partial charge in [0.1, 0.15) is 0 Å². The summed E-state index contributed by atoms with van der Waals surface area (Å²) < 4.78 is 2.18. The summed E-state index contributed by atoms with van der Waals surface area (Å²) in [5, 5.41) is 5.44. The van der Waals surface area contributed by atoms with E-state index in [0.29, 0.717) is 15.2 Å². The van der Waals surface area contributed by atoms with E-state index in [4.69, 9.17) is 35.4 Å². The normalized spacial score (nSPS) is 17.4. The topological polar surface area (TPSA) is 36.3 Å². The molecule has 36 heavy (non-hydrogen) atoms. The molecule has 1 N–H and O–H groups in total. The molecule has 8 heteroatoms. The van der Waals surface area contributed by atoms with E-state index in [1.807, 2.05) is 50.6 Å². The summed E-state index contributed by atoms with van der Waals surface area (Å²) >= 11 is 18.7. The van der Waals surface area contributed by atoms with Gasteiger partial charge in [-0.3, -0.25) is 4.98 Å². The zero-order chi connectivity index (χ0) is 25.6. The van der Waals surface area contributed by atoms with E-state index in [0.717, 1.165) is 39.7 Å². The van der Waals surface area contributed by atoms with Crippen LogP contribution >= 0.6 is 35.4 Å². The Bertz CT molecular complexity index is 1420. The number of pyridine rings is 1. The molecule has 5 nitrogen and oxygen atoms in total. The number of thiocarbonyl (C=S) groups is 1. The molecule has 0 unspecified atom stereocenters. The van der Waals surface area contributed by atoms with Gasteiger partial charge in [0.15, 0.2) is 5.11 Å². The van der Waals surface area contributed by atoms with Crippen LogP contribution in [0.2, 0.25) is 10.0 Å². The Balaban J connectivity index is 1.67. The lowest BCUT2D eigenvalue weighted by Gasteiger charge is -2.28. The van der Waals surface area contributed by atoms with Crippen LogP contribution in [0.5, 0.6) is 0 Å². The van der Waals surface area contributed by atoms with Crippen LogP contribution in [-0.2, 0) is 0 Å². The second-order valence-corrected chi connectivity index (χ2v) is 10.4. The fraction of sp³-hybridized carbons (Fsp3) is 0.214. The molecule has 0 amide bonds. The molecule has 4 aromatic rings. The van der Waals surface area contributed by atoms with Crippen LogP contribution < -0.4 is 15.1 Å². The average Bonchev–Trinajstić information content (AvgIpc) is 3.35. The molecule has 1 aliphatic heterocycles. The minimum absolute atomic E-state index is 0.108. The molecular formula is C28H27Cl2N5S. The third-order valence-electron chi connectivity index (χ3n) is 6.68. The highest BCUT2D eigenvalue weighted by Crippen LogP contribution is 2.44. The Labute approximate surface area is 227 Å². The van der Waals surface area contributed by atoms with Crippen LogP contribution in [0.3, 0.4) is 0 Å². The predicted molar refractivity (Wildman–Crippen MR) is 154 cm³/mol. The number of hydrogen-bond donors (Lipinski definition) is 1. The SMILES string of the molecule is Cc1cc([C@@H]2[C@H](c3ccccn3)NC(=S)N2c2ccc(N(C)C)cc2)c(C)n1-c1ccc(Cl)cc1Cl. The first-order valence-electron chi connectivity index (χ1n) is 11.7. The fourth-order valence-electron chi connectivity index (χ4n) is 4.98. The molecule has 0 spiro atoms. The number of hydrogen-bond acceptors (Lipinski definition) is 3. The maximum absolute atomic E-state index is 6.63. The van der Waals surface area contributed by atoms with Crippen LogP contribution in [-0.4, -0.2) is 28.8 Å². The summed E-state index contributed by atoms with van der Waals surface area (Å²) in [6.45, 7) is 4.21. The number of anilines is 2. The molecule has 5 rings (SSSR count). The van der Waals surface area contributed by atoms with E-state index in [1.165, 1.54) is 0 Å². The number of rotatable bonds is 5. The maximum Gasteiger partial charge on any atom is 0.174 e. The first-order chi connectivity index (χ1) is 17.3. The van der Waals surface area contributed by atoms with Gasteiger partial charge in [0.25, 0.3) is 0 Å². The predicted octanol–water partition coefficient (Wildman–Crippen LogP) is 7.04. The van der Waals surface area contributed by atoms with Crippen molar-refractivity contribution >= 4 is 51.9 Å². The Hall–Kier alpha value is -3.06. The zero-order valence-electron chi connectivity index (χ0n) is 20.5. The molecular weight excluding hydrogens is 509 g/mol. The summed E-state index contributed by atoms with van der Waals surface area (Å²) in [5.74, 6) is 0. The molecule has 0 radical (unpaired) electrons. The van der Waals surface area contributed by atoms with Gasteiger partial charge < -0.3 is 19.7 Å². The lowest BCUT2D eigenvalue weighted by Crippen LogP contribution is -2.29. The van der Waals surface area contributed by atoms with Gasteiger partial charge in [-0.05, 0) is 92.3 Å². The Morgan fingerprint density at radius 3 is 2.36 bits per heavy atom. The van der Waals surface area contributed by atoms with Crippen molar-refractivity contribution in [3.8, 4) is 5.69 Å². The van der Waals surface area contributed by atoms with Crippen molar-refractivity contribution in [2.45, 2.75) is 25.9 Å². The van der Waals surface area contributed by atoms with Crippen molar-refractivity contribution in [3.63, 3.8) is 0 Å². The van der Waals surface area contributed by atoms with Crippen LogP contribution in [0.1, 0.15) is 34.7 Å². The van der Waals surface area contributed by atoms with Crippen LogP contribution in [0, 0.1) is 13.8 Å². The molecule has 3 heterocycles. The number of benzene rings is 2. The molecule has 0 aliphatic carbocycles. The van der Waals surface area contributed by atoms with Gasteiger partial charge in [-0.25, -0.2) is 0 Å². The van der Waals surface area contributed by atoms with Crippen molar-refractivity contribution in [1.29, 1.82) is 0 Å². The molecule has 0 saturated carbocycles. The Morgan fingerprint density at radius 2 is 1.72 bits per heavy atom. The summed E-state index contributed by atoms with van der Waals surface area (Å²) in [6, 6.07) is 22.0. The second kappa shape index (κ2) is 9.77. The van der Waals surface area contributed by atoms with E-state index in [9.17, 15) is 0 Å². The van der Waals surface area contributed by atoms with Crippen molar-refractivity contribution in [2.75, 3.05) is 23.9 Å². The average molecular weight is 537 g/mol. The van der Waals surface area contributed by atoms with Gasteiger partial charge >= 0.3 is 0 Å². The van der Waals surface area contributed by atoms with Crippen molar-refractivity contribution in [2.24, 2.45) is 0 Å². The van der Waals surface area contributed by atoms with Gasteiger partial charge in [0, 0.05) is 48.1 Å². The monoisotopic (exact) mass is 535 g/mol. The third kappa shape index (κ3) is 4.34. The third-order valence-corrected chi connectivity index (χ3v) is 7.53. The van der Waals surface area contributed by atoms with Gasteiger partial charge in [-0.15, -0.1) is 0 Å². The summed E-state index contributed by atoms with van der Waals surface area (Å²) in [6.07, 6.45) is 1.82. The summed E-state index contributed by atoms with van der Waals surface area (Å²) in [5.41, 5.74) is 7.30. The maximum atomic E-state index is 6.63. The summed E-state index contributed by atoms with van der Waals surface area (Å²) in [4.78, 5) is 8.96. The highest BCUT2D eigenvalue weighted by atomic mass is 35.5. The van der Waals surface area contributed by atoms with Crippen molar-refractivity contribution in [1.82, 2.24) is 14.9 Å². The van der Waals surface area contributed by atoms with E-state index in [-0.39, 0.29) is 12.1 Å². The lowest BCUT2D eigenvalue weighted by atomic mass is 9.96. The minimum atomic E-state index is -0.123. The van der Waals surface area contributed by atoms with Crippen molar-refractivity contribution < 1.29 is 0 Å². The van der Waals surface area contributed by atoms with Crippen LogP contribution in [0.4, 0.5) is 11.4 Å². The van der Waals surface area contributed by atoms with Gasteiger partial charge in [0.05, 0.1) is 28.5 Å². The number of halogens is 2. The molecule has 1 fully saturated rings. The fourth-order valence-corrected chi connectivity index (χ4v) is 5.82. The van der Waals surface area contributed by atoms with Crippen molar-refractivity contribution in [3.05, 3.63) is 106 Å².